The summed E-state index contributed by atoms with van der Waals surface area (Å²) in [5.41, 5.74) is -3.02. The molecule has 1 N–H and O–H groups in total. The molecule has 1 aromatic rings. The van der Waals surface area contributed by atoms with Crippen LogP contribution in [0, 0.1) is 5.41 Å². The Bertz CT molecular complexity index is 445. The summed E-state index contributed by atoms with van der Waals surface area (Å²) in [6.07, 6.45) is -0.289. The Labute approximate surface area is 112 Å². The van der Waals surface area contributed by atoms with Crippen molar-refractivity contribution in [1.82, 2.24) is 0 Å². The number of hydrogen-bond acceptors (Lipinski definition) is 2. The van der Waals surface area contributed by atoms with Crippen molar-refractivity contribution in [3.63, 3.8) is 0 Å². The van der Waals surface area contributed by atoms with E-state index in [1.165, 1.54) is 12.1 Å². The van der Waals surface area contributed by atoms with Gasteiger partial charge < -0.3 is 5.11 Å². The third-order valence-corrected chi connectivity index (χ3v) is 2.99. The van der Waals surface area contributed by atoms with E-state index in [-0.39, 0.29) is 12.0 Å². The topological polar surface area (TPSA) is 37.3 Å². The zero-order chi connectivity index (χ0) is 14.9. The zero-order valence-corrected chi connectivity index (χ0v) is 11.7. The van der Waals surface area contributed by atoms with Crippen LogP contribution in [-0.2, 0) is 10.4 Å². The molecular weight excluding hydrogens is 250 g/mol. The first kappa shape index (κ1) is 15.8. The zero-order valence-electron chi connectivity index (χ0n) is 11.7. The Morgan fingerprint density at radius 3 is 2.00 bits per heavy atom. The van der Waals surface area contributed by atoms with Gasteiger partial charge in [0.1, 0.15) is 0 Å². The molecule has 0 aliphatic rings. The lowest BCUT2D eigenvalue weighted by atomic mass is 9.81. The number of rotatable bonds is 4. The first-order chi connectivity index (χ1) is 8.48. The molecule has 19 heavy (non-hydrogen) atoms. The molecule has 0 radical (unpaired) electrons. The van der Waals surface area contributed by atoms with E-state index in [0.29, 0.717) is 0 Å². The normalized spacial score (nSPS) is 15.9. The van der Waals surface area contributed by atoms with Crippen molar-refractivity contribution in [3.8, 4) is 0 Å². The molecule has 1 rings (SSSR count). The molecular formula is C15H20F2O2. The summed E-state index contributed by atoms with van der Waals surface area (Å²) >= 11 is 0. The second kappa shape index (κ2) is 5.00. The average molecular weight is 270 g/mol. The smallest absolute Gasteiger partial charge is 0.337 e. The van der Waals surface area contributed by atoms with E-state index in [1.54, 1.807) is 39.0 Å². The number of ketones is 1. The van der Waals surface area contributed by atoms with Crippen LogP contribution in [0.3, 0.4) is 0 Å². The summed E-state index contributed by atoms with van der Waals surface area (Å²) in [6.45, 7) is 6.09. The van der Waals surface area contributed by atoms with Crippen molar-refractivity contribution in [2.75, 3.05) is 0 Å². The molecule has 1 unspecified atom stereocenters. The molecule has 0 aliphatic carbocycles. The van der Waals surface area contributed by atoms with Crippen LogP contribution in [0.5, 0.6) is 0 Å². The van der Waals surface area contributed by atoms with E-state index in [0.717, 1.165) is 6.92 Å². The second-order valence-electron chi connectivity index (χ2n) is 6.17. The largest absolute Gasteiger partial charge is 0.379 e. The third-order valence-electron chi connectivity index (χ3n) is 2.99. The summed E-state index contributed by atoms with van der Waals surface area (Å²) in [4.78, 5) is 11.8. The van der Waals surface area contributed by atoms with Crippen LogP contribution >= 0.6 is 0 Å². The van der Waals surface area contributed by atoms with Crippen molar-refractivity contribution in [3.05, 3.63) is 35.9 Å². The number of benzene rings is 1. The fourth-order valence-corrected chi connectivity index (χ4v) is 1.81. The van der Waals surface area contributed by atoms with Crippen molar-refractivity contribution in [2.45, 2.75) is 45.6 Å². The quantitative estimate of drug-likeness (QED) is 0.908. The maximum Gasteiger partial charge on any atom is 0.337 e. The number of alkyl halides is 2. The summed E-state index contributed by atoms with van der Waals surface area (Å²) in [5, 5.41) is 10.1. The maximum atomic E-state index is 14.2. The second-order valence-corrected chi connectivity index (χ2v) is 6.17. The van der Waals surface area contributed by atoms with E-state index >= 15 is 0 Å². The van der Waals surface area contributed by atoms with Gasteiger partial charge in [-0.2, -0.15) is 8.78 Å². The molecule has 0 aliphatic heterocycles. The van der Waals surface area contributed by atoms with Gasteiger partial charge in [-0.15, -0.1) is 0 Å². The number of hydrogen-bond donors (Lipinski definition) is 1. The van der Waals surface area contributed by atoms with Gasteiger partial charge in [0.2, 0.25) is 5.78 Å². The number of Topliss-reactive ketones (excluding diaryl/α,β-unsaturated/α-hetero) is 1. The van der Waals surface area contributed by atoms with Gasteiger partial charge >= 0.3 is 5.92 Å². The molecule has 0 amide bonds. The predicted molar refractivity (Wildman–Crippen MR) is 70.0 cm³/mol. The molecule has 0 spiro atoms. The van der Waals surface area contributed by atoms with Crippen LogP contribution in [0.15, 0.2) is 30.3 Å². The Morgan fingerprint density at radius 2 is 1.58 bits per heavy atom. The molecule has 0 fully saturated rings. The van der Waals surface area contributed by atoms with Gasteiger partial charge in [0.15, 0.2) is 5.60 Å². The highest BCUT2D eigenvalue weighted by Gasteiger charge is 2.56. The molecule has 2 nitrogen and oxygen atoms in total. The van der Waals surface area contributed by atoms with E-state index < -0.39 is 22.7 Å². The van der Waals surface area contributed by atoms with Gasteiger partial charge in [0.05, 0.1) is 0 Å². The highest BCUT2D eigenvalue weighted by molar-refractivity contribution is 5.87. The lowest BCUT2D eigenvalue weighted by Gasteiger charge is -2.33. The summed E-state index contributed by atoms with van der Waals surface area (Å²) < 4.78 is 28.4. The Morgan fingerprint density at radius 1 is 1.11 bits per heavy atom. The lowest BCUT2D eigenvalue weighted by Crippen LogP contribution is -2.49. The first-order valence-electron chi connectivity index (χ1n) is 6.17. The van der Waals surface area contributed by atoms with Crippen LogP contribution in [0.25, 0.3) is 0 Å². The van der Waals surface area contributed by atoms with Crippen LogP contribution < -0.4 is 0 Å². The first-order valence-corrected chi connectivity index (χ1v) is 6.17. The Hall–Kier alpha value is -1.29. The molecule has 1 atom stereocenters. The minimum Gasteiger partial charge on any atom is -0.379 e. The number of aliphatic hydroxyl groups is 1. The highest BCUT2D eigenvalue weighted by Crippen LogP contribution is 2.40. The SMILES string of the molecule is CC(C)(C)CC(=O)C(F)(F)C(C)(O)c1ccccc1. The standard InChI is InChI=1S/C15H20F2O2/c1-13(2,3)10-12(18)15(16,17)14(4,19)11-8-6-5-7-9-11/h5-9,19H,10H2,1-4H3. The van der Waals surface area contributed by atoms with Gasteiger partial charge in [-0.25, -0.2) is 0 Å². The predicted octanol–water partition coefficient (Wildman–Crippen LogP) is 3.53. The fraction of sp³-hybridized carbons (Fsp3) is 0.533. The molecule has 1 aromatic carbocycles. The van der Waals surface area contributed by atoms with Gasteiger partial charge in [-0.05, 0) is 17.9 Å². The number of carbonyl (C=O) groups excluding carboxylic acids is 1. The van der Waals surface area contributed by atoms with Crippen molar-refractivity contribution < 1.29 is 18.7 Å². The van der Waals surface area contributed by atoms with E-state index in [2.05, 4.69) is 0 Å². The lowest BCUT2D eigenvalue weighted by molar-refractivity contribution is -0.190. The van der Waals surface area contributed by atoms with Gasteiger partial charge in [0.25, 0.3) is 0 Å². The molecule has 4 heteroatoms. The number of carbonyl (C=O) groups is 1. The monoisotopic (exact) mass is 270 g/mol. The minimum atomic E-state index is -3.82. The maximum absolute atomic E-state index is 14.2. The highest BCUT2D eigenvalue weighted by atomic mass is 19.3. The average Bonchev–Trinajstić information content (AvgIpc) is 2.27. The molecule has 0 aromatic heterocycles. The van der Waals surface area contributed by atoms with Crippen molar-refractivity contribution >= 4 is 5.78 Å². The van der Waals surface area contributed by atoms with Crippen molar-refractivity contribution in [1.29, 1.82) is 0 Å². The summed E-state index contributed by atoms with van der Waals surface area (Å²) in [5.74, 6) is -5.06. The van der Waals surface area contributed by atoms with E-state index in [1.807, 2.05) is 0 Å². The summed E-state index contributed by atoms with van der Waals surface area (Å²) in [6, 6.07) is 7.54. The molecule has 0 saturated heterocycles. The van der Waals surface area contributed by atoms with Crippen LogP contribution in [-0.4, -0.2) is 16.8 Å². The van der Waals surface area contributed by atoms with Crippen LogP contribution in [0.2, 0.25) is 0 Å². The Balaban J connectivity index is 3.08. The van der Waals surface area contributed by atoms with Crippen LogP contribution in [0.1, 0.15) is 39.7 Å². The fourth-order valence-electron chi connectivity index (χ4n) is 1.81. The van der Waals surface area contributed by atoms with Crippen LogP contribution in [0.4, 0.5) is 8.78 Å². The van der Waals surface area contributed by atoms with E-state index in [9.17, 15) is 18.7 Å². The molecule has 0 bridgehead atoms. The minimum absolute atomic E-state index is 0.0299. The van der Waals surface area contributed by atoms with Crippen molar-refractivity contribution in [2.24, 2.45) is 5.41 Å². The van der Waals surface area contributed by atoms with Gasteiger partial charge in [-0.3, -0.25) is 4.79 Å². The molecule has 106 valence electrons. The van der Waals surface area contributed by atoms with Gasteiger partial charge in [-0.1, -0.05) is 51.1 Å². The molecule has 0 heterocycles. The third kappa shape index (κ3) is 3.38. The Kier molecular flexibility index (Phi) is 4.15. The summed E-state index contributed by atoms with van der Waals surface area (Å²) in [7, 11) is 0. The van der Waals surface area contributed by atoms with Gasteiger partial charge in [0, 0.05) is 6.42 Å². The van der Waals surface area contributed by atoms with E-state index in [4.69, 9.17) is 0 Å². The molecule has 0 saturated carbocycles. The number of halogens is 2.